The molecule has 6 aromatic rings. The van der Waals surface area contributed by atoms with Gasteiger partial charge in [-0.15, -0.1) is 0 Å². The predicted molar refractivity (Wildman–Crippen MR) is 456 cm³/mol. The fourth-order valence-corrected chi connectivity index (χ4v) is 13.4. The topological polar surface area (TPSA) is 131 Å². The number of ether oxygens (including phenoxy) is 1. The minimum Gasteiger partial charge on any atom is -0.396 e. The Morgan fingerprint density at radius 3 is 0.905 bits per heavy atom. The van der Waals surface area contributed by atoms with Crippen molar-refractivity contribution < 1.29 is 35.4 Å². The van der Waals surface area contributed by atoms with Crippen LogP contribution < -0.4 is 0 Å². The molecule has 0 aromatic heterocycles. The molecule has 105 heavy (non-hydrogen) atoms. The molecule has 0 saturated carbocycles. The number of aliphatic hydroxyl groups excluding tert-OH is 3. The largest absolute Gasteiger partial charge is 0.396 e. The Morgan fingerprint density at radius 1 is 0.295 bits per heavy atom. The lowest BCUT2D eigenvalue weighted by Gasteiger charge is -2.28. The summed E-state index contributed by atoms with van der Waals surface area (Å²) in [6.07, 6.45) is 43.6. The lowest BCUT2D eigenvalue weighted by Crippen LogP contribution is -2.29. The van der Waals surface area contributed by atoms with E-state index in [1.807, 2.05) is 26.0 Å². The van der Waals surface area contributed by atoms with Gasteiger partial charge in [0.1, 0.15) is 0 Å². The van der Waals surface area contributed by atoms with Gasteiger partial charge in [-0.2, -0.15) is 0 Å². The summed E-state index contributed by atoms with van der Waals surface area (Å²) in [5.41, 5.74) is 14.8. The van der Waals surface area contributed by atoms with Crippen LogP contribution in [-0.4, -0.2) is 73.9 Å². The van der Waals surface area contributed by atoms with Crippen molar-refractivity contribution in [3.05, 3.63) is 212 Å². The summed E-state index contributed by atoms with van der Waals surface area (Å²) in [5, 5.41) is 59.9. The SMILES string of the molecule is CCCC(O)c1cccc(CCC(O)(CCC)CCC)c1.CCCCc1cccc(CCC(C)(C)O)c1.CCCCc1cccc(CCC(O)(CCCC)CCCC)c1.CCCCc1cccc(CCC(O)CCC)c1.CCCCc1cccc(CCCO)c1.CCCCc1cccc(CCCOC)c1. The van der Waals surface area contributed by atoms with Gasteiger partial charge in [0.2, 0.25) is 0 Å². The average molecular weight is 1450 g/mol. The Labute approximate surface area is 646 Å². The molecule has 6 aromatic carbocycles. The van der Waals surface area contributed by atoms with E-state index in [0.29, 0.717) is 6.61 Å². The van der Waals surface area contributed by atoms with Gasteiger partial charge in [-0.1, -0.05) is 305 Å². The highest BCUT2D eigenvalue weighted by atomic mass is 16.5. The summed E-state index contributed by atoms with van der Waals surface area (Å²) >= 11 is 0. The van der Waals surface area contributed by atoms with Crippen LogP contribution in [-0.2, 0) is 75.4 Å². The van der Waals surface area contributed by atoms with Gasteiger partial charge < -0.3 is 35.4 Å². The second-order valence-electron chi connectivity index (χ2n) is 31.0. The molecular formula is C98H160O7. The molecule has 0 aliphatic heterocycles. The first-order valence-electron chi connectivity index (χ1n) is 42.8. The summed E-state index contributed by atoms with van der Waals surface area (Å²) < 4.78 is 5.06. The van der Waals surface area contributed by atoms with Crippen molar-refractivity contribution in [2.24, 2.45) is 0 Å². The number of benzene rings is 6. The van der Waals surface area contributed by atoms with Crippen LogP contribution in [0.5, 0.6) is 0 Å². The van der Waals surface area contributed by atoms with E-state index in [4.69, 9.17) is 9.84 Å². The Hall–Kier alpha value is -4.96. The van der Waals surface area contributed by atoms with Gasteiger partial charge in [0.25, 0.3) is 0 Å². The number of unbranched alkanes of at least 4 members (excludes halogenated alkanes) is 7. The maximum atomic E-state index is 10.9. The minimum atomic E-state index is -0.556. The number of methoxy groups -OCH3 is 1. The van der Waals surface area contributed by atoms with Crippen LogP contribution in [0.15, 0.2) is 146 Å². The third-order valence-corrected chi connectivity index (χ3v) is 20.0. The zero-order chi connectivity index (χ0) is 77.7. The molecule has 0 aliphatic carbocycles. The lowest BCUT2D eigenvalue weighted by molar-refractivity contribution is 0.0104. The molecule has 2 unspecified atom stereocenters. The monoisotopic (exact) mass is 1450 g/mol. The molecule has 0 heterocycles. The lowest BCUT2D eigenvalue weighted by atomic mass is 9.85. The van der Waals surface area contributed by atoms with Crippen molar-refractivity contribution in [1.82, 2.24) is 0 Å². The maximum Gasteiger partial charge on any atom is 0.0790 e. The maximum absolute atomic E-state index is 10.9. The fourth-order valence-electron chi connectivity index (χ4n) is 13.4. The second kappa shape index (κ2) is 62.9. The van der Waals surface area contributed by atoms with Crippen LogP contribution in [0.2, 0.25) is 0 Å². The number of hydrogen-bond acceptors (Lipinski definition) is 7. The van der Waals surface area contributed by atoms with E-state index < -0.39 is 16.8 Å². The Morgan fingerprint density at radius 2 is 0.590 bits per heavy atom. The molecule has 0 saturated heterocycles. The van der Waals surface area contributed by atoms with E-state index in [2.05, 4.69) is 210 Å². The molecule has 0 bridgehead atoms. The molecule has 7 heteroatoms. The number of aliphatic hydroxyl groups is 6. The quantitative estimate of drug-likeness (QED) is 0.0210. The first-order chi connectivity index (χ1) is 50.7. The molecule has 0 amide bonds. The van der Waals surface area contributed by atoms with Gasteiger partial charge in [-0.25, -0.2) is 0 Å². The molecule has 2 atom stereocenters. The van der Waals surface area contributed by atoms with Crippen molar-refractivity contribution in [3.63, 3.8) is 0 Å². The van der Waals surface area contributed by atoms with Crippen LogP contribution >= 0.6 is 0 Å². The van der Waals surface area contributed by atoms with Crippen LogP contribution in [0.25, 0.3) is 0 Å². The fraction of sp³-hybridized carbons (Fsp3) is 0.633. The van der Waals surface area contributed by atoms with Gasteiger partial charge >= 0.3 is 0 Å². The van der Waals surface area contributed by atoms with E-state index in [-0.39, 0.29) is 12.2 Å². The zero-order valence-corrected chi connectivity index (χ0v) is 70.0. The van der Waals surface area contributed by atoms with Gasteiger partial charge in [0, 0.05) is 20.3 Å². The standard InChI is InChI=1S/C21H36O.C19H32O2.C16H26O.C15H24O.C14H22O.C13H20O/c1-4-7-11-19-12-10-13-20(18-19)14-17-21(22,15-8-5-2)16-9-6-3;1-4-8-18(20)17-10-7-9-16(15-17)11-14-19(21,12-5-2)13-6-3;1-3-5-8-14-9-6-10-15(13-14)11-12-16(17)7-4-2;1-4-5-7-13-8-6-9-14(12-13)10-11-15(2,3)16;1-3-4-7-13-8-5-9-14(12-13)10-6-11-15-2;1-2-3-6-12-7-4-8-13(11-12)9-5-10-14/h10,12-13,18,22H,4-9,11,14-17H2,1-3H3;7,9-10,15,18,20-21H,4-6,8,11-14H2,1-3H3;6,9-10,13,16-17H,3-5,7-8,11-12H2,1-2H3;6,8-9,12,16H,4-5,7,10-11H2,1-3H3;5,8-9,12H,3-4,6-7,10-11H2,1-2H3;4,7-8,11,14H,2-3,5-6,9-10H2,1H3. The predicted octanol–water partition coefficient (Wildman–Crippen LogP) is 25.3. The van der Waals surface area contributed by atoms with Crippen molar-refractivity contribution in [2.75, 3.05) is 20.3 Å². The Balaban J connectivity index is 0.000000634. The van der Waals surface area contributed by atoms with Gasteiger partial charge in [-0.05, 0) is 260 Å². The Kier molecular flexibility index (Phi) is 58.7. The van der Waals surface area contributed by atoms with Crippen LogP contribution in [0.4, 0.5) is 0 Å². The summed E-state index contributed by atoms with van der Waals surface area (Å²) in [7, 11) is 1.76. The van der Waals surface area contributed by atoms with Crippen LogP contribution in [0.1, 0.15) is 355 Å². The number of hydrogen-bond donors (Lipinski definition) is 6. The van der Waals surface area contributed by atoms with Crippen molar-refractivity contribution in [1.29, 1.82) is 0 Å². The molecule has 0 spiro atoms. The van der Waals surface area contributed by atoms with E-state index >= 15 is 0 Å². The summed E-state index contributed by atoms with van der Waals surface area (Å²) in [4.78, 5) is 0. The zero-order valence-electron chi connectivity index (χ0n) is 70.0. The molecule has 0 fully saturated rings. The second-order valence-corrected chi connectivity index (χ2v) is 31.0. The van der Waals surface area contributed by atoms with E-state index in [9.17, 15) is 25.5 Å². The first-order valence-corrected chi connectivity index (χ1v) is 42.8. The molecule has 0 aliphatic rings. The number of rotatable bonds is 49. The third-order valence-electron chi connectivity index (χ3n) is 20.0. The summed E-state index contributed by atoms with van der Waals surface area (Å²) in [6, 6.07) is 52.5. The van der Waals surface area contributed by atoms with Gasteiger partial charge in [0.05, 0.1) is 29.0 Å². The van der Waals surface area contributed by atoms with E-state index in [1.54, 1.807) is 7.11 Å². The summed E-state index contributed by atoms with van der Waals surface area (Å²) in [5.74, 6) is 0. The van der Waals surface area contributed by atoms with E-state index in [0.717, 1.165) is 166 Å². The van der Waals surface area contributed by atoms with Crippen molar-refractivity contribution >= 4 is 0 Å². The minimum absolute atomic E-state index is 0.126. The molecular weight excluding hydrogens is 1290 g/mol. The highest BCUT2D eigenvalue weighted by Crippen LogP contribution is 2.29. The Bertz CT molecular complexity index is 2920. The highest BCUT2D eigenvalue weighted by Gasteiger charge is 2.26. The number of aryl methyl sites for hydroxylation is 11. The van der Waals surface area contributed by atoms with Crippen molar-refractivity contribution in [2.45, 2.75) is 382 Å². The van der Waals surface area contributed by atoms with Crippen LogP contribution in [0.3, 0.4) is 0 Å². The smallest absolute Gasteiger partial charge is 0.0790 e. The van der Waals surface area contributed by atoms with Crippen molar-refractivity contribution in [3.8, 4) is 0 Å². The average Bonchev–Trinajstić information content (AvgIpc) is 0.926. The normalized spacial score (nSPS) is 11.9. The molecule has 594 valence electrons. The van der Waals surface area contributed by atoms with Gasteiger partial charge in [-0.3, -0.25) is 0 Å². The molecule has 6 rings (SSSR count). The highest BCUT2D eigenvalue weighted by molar-refractivity contribution is 5.29. The molecule has 6 N–H and O–H groups in total. The van der Waals surface area contributed by atoms with Crippen LogP contribution in [0, 0.1) is 0 Å². The van der Waals surface area contributed by atoms with E-state index in [1.165, 1.54) is 170 Å². The first kappa shape index (κ1) is 98.0. The third kappa shape index (κ3) is 51.1. The molecule has 7 nitrogen and oxygen atoms in total. The molecule has 0 radical (unpaired) electrons. The van der Waals surface area contributed by atoms with Gasteiger partial charge in [0.15, 0.2) is 0 Å². The summed E-state index contributed by atoms with van der Waals surface area (Å²) in [6.45, 7) is 28.9.